The minimum absolute atomic E-state index is 0.0467. The highest BCUT2D eigenvalue weighted by Gasteiger charge is 2.13. The Morgan fingerprint density at radius 2 is 1.76 bits per heavy atom. The molecule has 132 valence electrons. The molecule has 0 radical (unpaired) electrons. The first-order valence-electron chi connectivity index (χ1n) is 7.49. The van der Waals surface area contributed by atoms with E-state index >= 15 is 0 Å². The Bertz CT molecular complexity index is 749. The second-order valence-corrected chi connectivity index (χ2v) is 5.19. The first-order valence-corrected chi connectivity index (χ1v) is 7.49. The molecule has 0 aromatic heterocycles. The van der Waals surface area contributed by atoms with Crippen LogP contribution in [0.5, 0.6) is 5.75 Å². The number of benzene rings is 2. The van der Waals surface area contributed by atoms with Crippen LogP contribution in [-0.4, -0.2) is 25.1 Å². The number of rotatable bonds is 7. The third-order valence-corrected chi connectivity index (χ3v) is 3.34. The largest absolute Gasteiger partial charge is 0.455 e. The van der Waals surface area contributed by atoms with Crippen LogP contribution >= 0.6 is 0 Å². The normalized spacial score (nSPS) is 10.4. The van der Waals surface area contributed by atoms with Gasteiger partial charge in [-0.15, -0.1) is 0 Å². The highest BCUT2D eigenvalue weighted by atomic mass is 19.3. The van der Waals surface area contributed by atoms with Gasteiger partial charge in [0.1, 0.15) is 5.75 Å². The number of hydrogen-bond acceptors (Lipinski definition) is 4. The summed E-state index contributed by atoms with van der Waals surface area (Å²) in [5.41, 5.74) is 1.83. The summed E-state index contributed by atoms with van der Waals surface area (Å²) in [6, 6.07) is 13.1. The number of hydrogen-bond donors (Lipinski definition) is 1. The molecule has 2 aromatic carbocycles. The number of carbonyl (C=O) groups excluding carboxylic acids is 2. The minimum Gasteiger partial charge on any atom is -0.455 e. The maximum Gasteiger partial charge on any atom is 0.387 e. The summed E-state index contributed by atoms with van der Waals surface area (Å²) in [5, 5.41) is 2.37. The van der Waals surface area contributed by atoms with E-state index < -0.39 is 25.1 Å². The predicted octanol–water partition coefficient (Wildman–Crippen LogP) is 3.32. The predicted molar refractivity (Wildman–Crippen MR) is 87.5 cm³/mol. The van der Waals surface area contributed by atoms with Gasteiger partial charge in [0.25, 0.3) is 5.91 Å². The summed E-state index contributed by atoms with van der Waals surface area (Å²) >= 11 is 0. The quantitative estimate of drug-likeness (QED) is 0.779. The van der Waals surface area contributed by atoms with Gasteiger partial charge in [-0.3, -0.25) is 9.59 Å². The molecule has 0 heterocycles. The number of ether oxygens (including phenoxy) is 2. The van der Waals surface area contributed by atoms with E-state index in [0.29, 0.717) is 0 Å². The highest BCUT2D eigenvalue weighted by molar-refractivity contribution is 5.94. The second-order valence-electron chi connectivity index (χ2n) is 5.19. The number of halogens is 2. The third-order valence-electron chi connectivity index (χ3n) is 3.34. The van der Waals surface area contributed by atoms with Crippen molar-refractivity contribution in [1.29, 1.82) is 0 Å². The number of aryl methyl sites for hydroxylation is 1. The van der Waals surface area contributed by atoms with Crippen molar-refractivity contribution < 1.29 is 27.8 Å². The Kier molecular flexibility index (Phi) is 6.45. The van der Waals surface area contributed by atoms with Gasteiger partial charge in [-0.25, -0.2) is 0 Å². The fourth-order valence-electron chi connectivity index (χ4n) is 2.12. The summed E-state index contributed by atoms with van der Waals surface area (Å²) < 4.78 is 33.9. The van der Waals surface area contributed by atoms with E-state index in [1.807, 2.05) is 25.1 Å². The lowest BCUT2D eigenvalue weighted by atomic mass is 10.1. The van der Waals surface area contributed by atoms with Crippen LogP contribution in [-0.2, 0) is 20.7 Å². The Morgan fingerprint density at radius 1 is 1.08 bits per heavy atom. The lowest BCUT2D eigenvalue weighted by molar-refractivity contribution is -0.146. The molecule has 0 unspecified atom stereocenters. The van der Waals surface area contributed by atoms with Crippen LogP contribution in [0.25, 0.3) is 0 Å². The first kappa shape index (κ1) is 18.4. The van der Waals surface area contributed by atoms with E-state index in [4.69, 9.17) is 4.74 Å². The van der Waals surface area contributed by atoms with Crippen LogP contribution in [0.2, 0.25) is 0 Å². The first-order chi connectivity index (χ1) is 12.0. The van der Waals surface area contributed by atoms with Gasteiger partial charge in [0.15, 0.2) is 6.61 Å². The van der Waals surface area contributed by atoms with Gasteiger partial charge >= 0.3 is 12.6 Å². The van der Waals surface area contributed by atoms with Crippen molar-refractivity contribution in [3.05, 3.63) is 59.7 Å². The molecule has 0 spiro atoms. The van der Waals surface area contributed by atoms with Crippen molar-refractivity contribution in [3.8, 4) is 5.75 Å². The Balaban J connectivity index is 1.87. The smallest absolute Gasteiger partial charge is 0.387 e. The van der Waals surface area contributed by atoms with Gasteiger partial charge in [-0.05, 0) is 30.2 Å². The van der Waals surface area contributed by atoms with Crippen molar-refractivity contribution in [2.24, 2.45) is 0 Å². The molecule has 1 amide bonds. The van der Waals surface area contributed by atoms with E-state index in [1.54, 1.807) is 12.1 Å². The summed E-state index contributed by atoms with van der Waals surface area (Å²) in [5.74, 6) is -1.37. The average Bonchev–Trinajstić information content (AvgIpc) is 2.56. The monoisotopic (exact) mass is 349 g/mol. The number of para-hydroxylation sites is 2. The summed E-state index contributed by atoms with van der Waals surface area (Å²) in [7, 11) is 0. The molecule has 0 aliphatic carbocycles. The second kappa shape index (κ2) is 8.77. The Morgan fingerprint density at radius 3 is 2.48 bits per heavy atom. The van der Waals surface area contributed by atoms with Crippen molar-refractivity contribution in [2.75, 3.05) is 11.9 Å². The number of amides is 1. The van der Waals surface area contributed by atoms with Crippen molar-refractivity contribution in [2.45, 2.75) is 20.0 Å². The summed E-state index contributed by atoms with van der Waals surface area (Å²) in [6.45, 7) is -1.66. The van der Waals surface area contributed by atoms with Crippen molar-refractivity contribution in [1.82, 2.24) is 0 Å². The van der Waals surface area contributed by atoms with Crippen molar-refractivity contribution >= 4 is 17.6 Å². The Labute approximate surface area is 143 Å². The van der Waals surface area contributed by atoms with Crippen LogP contribution in [0, 0.1) is 6.92 Å². The Hall–Kier alpha value is -2.96. The number of anilines is 1. The molecule has 0 aliphatic rings. The molecule has 0 aliphatic heterocycles. The number of esters is 1. The molecule has 5 nitrogen and oxygen atoms in total. The maximum absolute atomic E-state index is 12.3. The highest BCUT2D eigenvalue weighted by Crippen LogP contribution is 2.25. The van der Waals surface area contributed by atoms with E-state index in [9.17, 15) is 18.4 Å². The molecule has 2 rings (SSSR count). The molecule has 1 N–H and O–H groups in total. The standard InChI is InChI=1S/C18H17F2NO4/c1-12-6-2-3-7-13(12)10-17(23)24-11-16(22)21-14-8-4-5-9-15(14)25-18(19)20/h2-9,18H,10-11H2,1H3,(H,21,22). The van der Waals surface area contributed by atoms with E-state index in [2.05, 4.69) is 10.1 Å². The fourth-order valence-corrected chi connectivity index (χ4v) is 2.12. The van der Waals surface area contributed by atoms with E-state index in [0.717, 1.165) is 11.1 Å². The van der Waals surface area contributed by atoms with Crippen LogP contribution in [0.1, 0.15) is 11.1 Å². The molecule has 7 heteroatoms. The van der Waals surface area contributed by atoms with Crippen LogP contribution < -0.4 is 10.1 Å². The topological polar surface area (TPSA) is 64.6 Å². The zero-order valence-electron chi connectivity index (χ0n) is 13.5. The fraction of sp³-hybridized carbons (Fsp3) is 0.222. The zero-order valence-corrected chi connectivity index (χ0v) is 13.5. The van der Waals surface area contributed by atoms with Crippen LogP contribution in [0.3, 0.4) is 0 Å². The number of alkyl halides is 2. The SMILES string of the molecule is Cc1ccccc1CC(=O)OCC(=O)Nc1ccccc1OC(F)F. The average molecular weight is 349 g/mol. The molecule has 0 saturated heterocycles. The van der Waals surface area contributed by atoms with E-state index in [1.165, 1.54) is 18.2 Å². The molecule has 0 fully saturated rings. The van der Waals surface area contributed by atoms with Crippen LogP contribution in [0.15, 0.2) is 48.5 Å². The van der Waals surface area contributed by atoms with Gasteiger partial charge in [-0.1, -0.05) is 36.4 Å². The zero-order chi connectivity index (χ0) is 18.2. The number of nitrogens with one attached hydrogen (secondary N) is 1. The summed E-state index contributed by atoms with van der Waals surface area (Å²) in [4.78, 5) is 23.7. The minimum atomic E-state index is -3.01. The van der Waals surface area contributed by atoms with E-state index in [-0.39, 0.29) is 17.9 Å². The van der Waals surface area contributed by atoms with Gasteiger partial charge in [0.2, 0.25) is 0 Å². The third kappa shape index (κ3) is 5.87. The summed E-state index contributed by atoms with van der Waals surface area (Å²) in [6.07, 6.45) is 0.0467. The molecular weight excluding hydrogens is 332 g/mol. The molecule has 2 aromatic rings. The van der Waals surface area contributed by atoms with Crippen molar-refractivity contribution in [3.63, 3.8) is 0 Å². The van der Waals surface area contributed by atoms with Gasteiger partial charge in [0.05, 0.1) is 12.1 Å². The molecule has 25 heavy (non-hydrogen) atoms. The maximum atomic E-state index is 12.3. The van der Waals surface area contributed by atoms with Gasteiger partial charge < -0.3 is 14.8 Å². The van der Waals surface area contributed by atoms with Gasteiger partial charge in [-0.2, -0.15) is 8.78 Å². The lowest BCUT2D eigenvalue weighted by Crippen LogP contribution is -2.22. The van der Waals surface area contributed by atoms with Crippen LogP contribution in [0.4, 0.5) is 14.5 Å². The lowest BCUT2D eigenvalue weighted by Gasteiger charge is -2.12. The molecule has 0 bridgehead atoms. The molecular formula is C18H17F2NO4. The molecule has 0 atom stereocenters. The number of carbonyl (C=O) groups is 2. The molecule has 0 saturated carbocycles. The van der Waals surface area contributed by atoms with Gasteiger partial charge in [0, 0.05) is 0 Å².